The summed E-state index contributed by atoms with van der Waals surface area (Å²) >= 11 is 1.46. The molecule has 0 aromatic carbocycles. The second-order valence-electron chi connectivity index (χ2n) is 5.86. The fourth-order valence-corrected chi connectivity index (χ4v) is 3.51. The summed E-state index contributed by atoms with van der Waals surface area (Å²) in [5.41, 5.74) is -0.0729. The maximum Gasteiger partial charge on any atom is 0.328 e. The van der Waals surface area contributed by atoms with Gasteiger partial charge < -0.3 is 9.88 Å². The Hall–Kier alpha value is -2.19. The van der Waals surface area contributed by atoms with Crippen molar-refractivity contribution in [1.29, 1.82) is 0 Å². The molecule has 1 saturated heterocycles. The van der Waals surface area contributed by atoms with Gasteiger partial charge in [-0.2, -0.15) is 0 Å². The van der Waals surface area contributed by atoms with E-state index in [2.05, 4.69) is 9.88 Å². The molecule has 0 spiro atoms. The second-order valence-corrected chi connectivity index (χ2v) is 6.81. The molecular formula is C16H20N4O3S. The molecule has 0 unspecified atom stereocenters. The van der Waals surface area contributed by atoms with Crippen molar-refractivity contribution in [2.45, 2.75) is 13.5 Å². The minimum Gasteiger partial charge on any atom is -0.335 e. The number of hydrogen-bond acceptors (Lipinski definition) is 5. The van der Waals surface area contributed by atoms with Crippen LogP contribution in [0.1, 0.15) is 15.4 Å². The lowest BCUT2D eigenvalue weighted by atomic mass is 10.3. The Morgan fingerprint density at radius 3 is 2.58 bits per heavy atom. The SMILES string of the molecule is Cc1cc(=O)n(CCN2CCN(C(=O)c3cccs3)CC2)c(=O)[nH]1. The van der Waals surface area contributed by atoms with Crippen LogP contribution in [0, 0.1) is 6.92 Å². The molecule has 2 aromatic heterocycles. The molecule has 0 aliphatic carbocycles. The first kappa shape index (κ1) is 16.7. The highest BCUT2D eigenvalue weighted by Crippen LogP contribution is 2.13. The summed E-state index contributed by atoms with van der Waals surface area (Å²) in [6, 6.07) is 5.15. The van der Waals surface area contributed by atoms with E-state index in [0.29, 0.717) is 31.9 Å². The van der Waals surface area contributed by atoms with Gasteiger partial charge in [-0.25, -0.2) is 4.79 Å². The van der Waals surface area contributed by atoms with Crippen molar-refractivity contribution in [3.8, 4) is 0 Å². The molecule has 7 nitrogen and oxygen atoms in total. The molecule has 1 amide bonds. The first-order valence-corrected chi connectivity index (χ1v) is 8.78. The molecule has 24 heavy (non-hydrogen) atoms. The fraction of sp³-hybridized carbons (Fsp3) is 0.438. The minimum absolute atomic E-state index is 0.0795. The molecule has 0 bridgehead atoms. The maximum absolute atomic E-state index is 12.3. The topological polar surface area (TPSA) is 78.4 Å². The average Bonchev–Trinajstić information content (AvgIpc) is 3.08. The van der Waals surface area contributed by atoms with E-state index < -0.39 is 0 Å². The zero-order valence-electron chi connectivity index (χ0n) is 13.5. The van der Waals surface area contributed by atoms with Crippen LogP contribution < -0.4 is 11.2 Å². The van der Waals surface area contributed by atoms with Crippen LogP contribution in [0.4, 0.5) is 0 Å². The van der Waals surface area contributed by atoms with Crippen LogP contribution in [0.3, 0.4) is 0 Å². The van der Waals surface area contributed by atoms with Gasteiger partial charge in [0, 0.05) is 51.0 Å². The lowest BCUT2D eigenvalue weighted by Crippen LogP contribution is -2.50. The molecule has 1 N–H and O–H groups in total. The van der Waals surface area contributed by atoms with Gasteiger partial charge in [0.25, 0.3) is 11.5 Å². The number of piperazine rings is 1. The third-order valence-electron chi connectivity index (χ3n) is 4.19. The second kappa shape index (κ2) is 7.14. The van der Waals surface area contributed by atoms with Gasteiger partial charge in [0.1, 0.15) is 0 Å². The molecule has 1 aliphatic rings. The first-order valence-electron chi connectivity index (χ1n) is 7.90. The summed E-state index contributed by atoms with van der Waals surface area (Å²) in [7, 11) is 0. The monoisotopic (exact) mass is 348 g/mol. The van der Waals surface area contributed by atoms with Crippen LogP contribution in [-0.2, 0) is 6.54 Å². The number of nitrogens with zero attached hydrogens (tertiary/aromatic N) is 3. The van der Waals surface area contributed by atoms with Gasteiger partial charge in [0.05, 0.1) is 4.88 Å². The standard InChI is InChI=1S/C16H20N4O3S/c1-12-11-14(21)20(16(23)17-12)9-6-18-4-7-19(8-5-18)15(22)13-3-2-10-24-13/h2-3,10-11H,4-9H2,1H3,(H,17,23). The van der Waals surface area contributed by atoms with Crippen LogP contribution in [0.5, 0.6) is 0 Å². The number of H-pyrrole nitrogens is 1. The average molecular weight is 348 g/mol. The molecule has 3 heterocycles. The Balaban J connectivity index is 1.54. The summed E-state index contributed by atoms with van der Waals surface area (Å²) in [6.07, 6.45) is 0. The molecule has 1 fully saturated rings. The molecule has 2 aromatic rings. The van der Waals surface area contributed by atoms with E-state index in [1.807, 2.05) is 22.4 Å². The third kappa shape index (κ3) is 3.65. The maximum atomic E-state index is 12.3. The number of hydrogen-bond donors (Lipinski definition) is 1. The highest BCUT2D eigenvalue weighted by molar-refractivity contribution is 7.12. The smallest absolute Gasteiger partial charge is 0.328 e. The Morgan fingerprint density at radius 1 is 1.21 bits per heavy atom. The van der Waals surface area contributed by atoms with E-state index in [9.17, 15) is 14.4 Å². The van der Waals surface area contributed by atoms with Gasteiger partial charge >= 0.3 is 5.69 Å². The predicted octanol–water partition coefficient (Wildman–Crippen LogP) is 0.365. The van der Waals surface area contributed by atoms with Crippen LogP contribution in [0.2, 0.25) is 0 Å². The summed E-state index contributed by atoms with van der Waals surface area (Å²) in [4.78, 5) is 43.4. The van der Waals surface area contributed by atoms with Crippen molar-refractivity contribution >= 4 is 17.2 Å². The van der Waals surface area contributed by atoms with Crippen LogP contribution in [-0.4, -0.2) is 58.0 Å². The predicted molar refractivity (Wildman–Crippen MR) is 92.7 cm³/mol. The number of aromatic amines is 1. The van der Waals surface area contributed by atoms with Crippen molar-refractivity contribution in [2.24, 2.45) is 0 Å². The number of nitrogens with one attached hydrogen (secondary N) is 1. The highest BCUT2D eigenvalue weighted by atomic mass is 32.1. The number of amides is 1. The van der Waals surface area contributed by atoms with E-state index in [-0.39, 0.29) is 17.2 Å². The van der Waals surface area contributed by atoms with Crippen molar-refractivity contribution in [3.63, 3.8) is 0 Å². The van der Waals surface area contributed by atoms with E-state index in [4.69, 9.17) is 0 Å². The Morgan fingerprint density at radius 2 is 1.96 bits per heavy atom. The summed E-state index contributed by atoms with van der Waals surface area (Å²) in [6.45, 7) is 5.48. The molecule has 0 radical (unpaired) electrons. The number of rotatable bonds is 4. The van der Waals surface area contributed by atoms with Gasteiger partial charge in [-0.15, -0.1) is 11.3 Å². The normalized spacial score (nSPS) is 15.6. The zero-order valence-corrected chi connectivity index (χ0v) is 14.3. The highest BCUT2D eigenvalue weighted by Gasteiger charge is 2.22. The summed E-state index contributed by atoms with van der Waals surface area (Å²) < 4.78 is 1.22. The van der Waals surface area contributed by atoms with Crippen molar-refractivity contribution in [2.75, 3.05) is 32.7 Å². The van der Waals surface area contributed by atoms with E-state index >= 15 is 0 Å². The van der Waals surface area contributed by atoms with Gasteiger partial charge in [-0.1, -0.05) is 6.07 Å². The quantitative estimate of drug-likeness (QED) is 0.866. The van der Waals surface area contributed by atoms with Crippen molar-refractivity contribution in [3.05, 3.63) is 55.0 Å². The van der Waals surface area contributed by atoms with Crippen molar-refractivity contribution in [1.82, 2.24) is 19.4 Å². The largest absolute Gasteiger partial charge is 0.335 e. The lowest BCUT2D eigenvalue weighted by molar-refractivity contribution is 0.0637. The molecule has 8 heteroatoms. The number of aromatic nitrogens is 2. The Labute approximate surface area is 143 Å². The van der Waals surface area contributed by atoms with Crippen molar-refractivity contribution < 1.29 is 4.79 Å². The number of carbonyl (C=O) groups excluding carboxylic acids is 1. The molecule has 3 rings (SSSR count). The number of carbonyl (C=O) groups is 1. The first-order chi connectivity index (χ1) is 11.5. The summed E-state index contributed by atoms with van der Waals surface area (Å²) in [5, 5.41) is 1.90. The zero-order chi connectivity index (χ0) is 17.1. The molecular weight excluding hydrogens is 328 g/mol. The lowest BCUT2D eigenvalue weighted by Gasteiger charge is -2.34. The van der Waals surface area contributed by atoms with E-state index in [0.717, 1.165) is 18.0 Å². The molecule has 1 aliphatic heterocycles. The summed E-state index contributed by atoms with van der Waals surface area (Å²) in [5.74, 6) is 0.0795. The number of aryl methyl sites for hydroxylation is 1. The molecule has 128 valence electrons. The van der Waals surface area contributed by atoms with Gasteiger partial charge in [-0.05, 0) is 18.4 Å². The number of thiophene rings is 1. The molecule has 0 atom stereocenters. The fourth-order valence-electron chi connectivity index (χ4n) is 2.82. The van der Waals surface area contributed by atoms with Gasteiger partial charge in [0.15, 0.2) is 0 Å². The van der Waals surface area contributed by atoms with E-state index in [1.165, 1.54) is 22.0 Å². The third-order valence-corrected chi connectivity index (χ3v) is 5.04. The van der Waals surface area contributed by atoms with Gasteiger partial charge in [0.2, 0.25) is 0 Å². The Bertz CT molecular complexity index is 785. The molecule has 0 saturated carbocycles. The van der Waals surface area contributed by atoms with Gasteiger partial charge in [-0.3, -0.25) is 19.1 Å². The Kier molecular flexibility index (Phi) is 4.96. The van der Waals surface area contributed by atoms with Crippen LogP contribution in [0.15, 0.2) is 33.2 Å². The van der Waals surface area contributed by atoms with E-state index in [1.54, 1.807) is 6.92 Å². The van der Waals surface area contributed by atoms with Crippen LogP contribution >= 0.6 is 11.3 Å². The van der Waals surface area contributed by atoms with Crippen LogP contribution in [0.25, 0.3) is 0 Å². The minimum atomic E-state index is -0.369.